The lowest BCUT2D eigenvalue weighted by atomic mass is 9.98. The molecule has 6 heterocycles. The van der Waals surface area contributed by atoms with Crippen molar-refractivity contribution in [1.82, 2.24) is 55.9 Å². The Hall–Kier alpha value is -8.21. The second kappa shape index (κ2) is 23.4. The van der Waals surface area contributed by atoms with E-state index in [1.54, 1.807) is 37.8 Å². The number of piperidine rings is 1. The van der Waals surface area contributed by atoms with Gasteiger partial charge in [0.1, 0.15) is 46.4 Å². The molecule has 0 radical (unpaired) electrons. The van der Waals surface area contributed by atoms with Crippen LogP contribution in [0.15, 0.2) is 96.4 Å². The molecular weight excluding hydrogens is 1030 g/mol. The molecule has 5 N–H and O–H groups in total. The molecule has 79 heavy (non-hydrogen) atoms. The fraction of sp³-hybridized carbons (Fsp3) is 0.429. The molecule has 0 aliphatic carbocycles. The number of nitrogens with one attached hydrogen (secondary N) is 5. The van der Waals surface area contributed by atoms with Gasteiger partial charge in [-0.05, 0) is 96.8 Å². The number of fused-ring (bicyclic) bond motifs is 2. The van der Waals surface area contributed by atoms with Crippen LogP contribution in [0.4, 0.5) is 22.2 Å². The van der Waals surface area contributed by atoms with E-state index in [2.05, 4.69) is 56.3 Å². The number of ether oxygens (including phenoxy) is 2. The molecular formula is C56H67N13O9S. The molecule has 3 aliphatic heterocycles. The lowest BCUT2D eigenvalue weighted by Crippen LogP contribution is -2.62. The molecule has 3 fully saturated rings. The van der Waals surface area contributed by atoms with Gasteiger partial charge in [0.25, 0.3) is 11.8 Å². The van der Waals surface area contributed by atoms with Crippen LogP contribution >= 0.6 is 0 Å². The van der Waals surface area contributed by atoms with E-state index in [0.717, 1.165) is 22.4 Å². The molecule has 1 unspecified atom stereocenters. The van der Waals surface area contributed by atoms with Crippen molar-refractivity contribution in [2.75, 3.05) is 50.1 Å². The van der Waals surface area contributed by atoms with Gasteiger partial charge in [-0.15, -0.1) is 0 Å². The predicted molar refractivity (Wildman–Crippen MR) is 294 cm³/mol. The van der Waals surface area contributed by atoms with Gasteiger partial charge >= 0.3 is 6.09 Å². The molecule has 3 aliphatic rings. The van der Waals surface area contributed by atoms with Crippen molar-refractivity contribution >= 4 is 67.9 Å². The largest absolute Gasteiger partial charge is 0.492 e. The van der Waals surface area contributed by atoms with E-state index in [0.29, 0.717) is 73.6 Å². The first kappa shape index (κ1) is 55.5. The summed E-state index contributed by atoms with van der Waals surface area (Å²) in [6, 6.07) is 19.2. The molecule has 6 aromatic rings. The maximum absolute atomic E-state index is 14.8. The number of aryl methyl sites for hydroxylation is 1. The zero-order valence-electron chi connectivity index (χ0n) is 45.4. The number of aromatic amines is 1. The number of nitrogens with zero attached hydrogens (tertiary/aromatic N) is 8. The third-order valence-electron chi connectivity index (χ3n) is 15.1. The molecule has 3 aromatic carbocycles. The molecule has 23 heteroatoms. The van der Waals surface area contributed by atoms with Crippen LogP contribution in [0.1, 0.15) is 98.7 Å². The highest BCUT2D eigenvalue weighted by Gasteiger charge is 2.46. The van der Waals surface area contributed by atoms with E-state index in [1.165, 1.54) is 37.6 Å². The third-order valence-corrected chi connectivity index (χ3v) is 17.6. The molecule has 0 bridgehead atoms. The first-order chi connectivity index (χ1) is 37.8. The highest BCUT2D eigenvalue weighted by molar-refractivity contribution is 7.92. The summed E-state index contributed by atoms with van der Waals surface area (Å²) in [5.74, 6) is -0.359. The summed E-state index contributed by atoms with van der Waals surface area (Å²) in [6.07, 6.45) is 4.78. The SMILES string of the molecule is CNC(=O)OC(C)C(=O)N[C@H]1CN(C(=O)c2cnc(N3CCC(COc4cc5ncnc(Nc6n[nH]c(C)c6C)c5cc4S(=O)(=O)C(C)(C)C)CC3)cn2)CC[C@H]2CC[C@@H](C(=O)NC(c3ccccc3)c3ccccc3)N2C1=O. The number of benzene rings is 3. The normalized spacial score (nSPS) is 18.6. The number of rotatable bonds is 15. The van der Waals surface area contributed by atoms with E-state index < -0.39 is 68.7 Å². The fourth-order valence-electron chi connectivity index (χ4n) is 10.2. The Balaban J connectivity index is 0.868. The van der Waals surface area contributed by atoms with E-state index >= 15 is 0 Å². The number of carbonyl (C=O) groups excluding carboxylic acids is 5. The van der Waals surface area contributed by atoms with Crippen LogP contribution in [-0.4, -0.2) is 147 Å². The minimum absolute atomic E-state index is 0.0331. The average molecular weight is 1100 g/mol. The first-order valence-electron chi connectivity index (χ1n) is 26.5. The Morgan fingerprint density at radius 3 is 2.16 bits per heavy atom. The van der Waals surface area contributed by atoms with Crippen LogP contribution in [0.3, 0.4) is 0 Å². The summed E-state index contributed by atoms with van der Waals surface area (Å²) in [5, 5.41) is 19.2. The van der Waals surface area contributed by atoms with Gasteiger partial charge in [-0.3, -0.25) is 24.3 Å². The van der Waals surface area contributed by atoms with Crippen LogP contribution in [0, 0.1) is 19.8 Å². The number of sulfone groups is 1. The summed E-state index contributed by atoms with van der Waals surface area (Å²) in [5.41, 5.74) is 4.05. The van der Waals surface area contributed by atoms with Crippen molar-refractivity contribution < 1.29 is 41.9 Å². The third kappa shape index (κ3) is 12.1. The van der Waals surface area contributed by atoms with Gasteiger partial charge in [-0.1, -0.05) is 60.7 Å². The van der Waals surface area contributed by atoms with Gasteiger partial charge in [0.2, 0.25) is 11.8 Å². The quantitative estimate of drug-likeness (QED) is 0.0823. The number of alkyl carbamates (subject to hydrolysis) is 1. The molecule has 3 aromatic heterocycles. The number of carbonyl (C=O) groups is 5. The molecule has 5 amide bonds. The number of H-pyrrole nitrogens is 1. The topological polar surface area (TPSA) is 276 Å². The average Bonchev–Trinajstić information content (AvgIpc) is 4.10. The van der Waals surface area contributed by atoms with Crippen LogP contribution in [0.5, 0.6) is 5.75 Å². The summed E-state index contributed by atoms with van der Waals surface area (Å²) in [7, 11) is -2.54. The maximum Gasteiger partial charge on any atom is 0.407 e. The van der Waals surface area contributed by atoms with Crippen molar-refractivity contribution in [3.63, 3.8) is 0 Å². The molecule has 4 atom stereocenters. The van der Waals surface area contributed by atoms with Crippen LogP contribution in [-0.2, 0) is 29.0 Å². The van der Waals surface area contributed by atoms with Crippen molar-refractivity contribution in [2.45, 2.75) is 114 Å². The lowest BCUT2D eigenvalue weighted by Gasteiger charge is -2.39. The van der Waals surface area contributed by atoms with Crippen molar-refractivity contribution in [2.24, 2.45) is 5.92 Å². The molecule has 3 saturated heterocycles. The van der Waals surface area contributed by atoms with Crippen molar-refractivity contribution in [3.05, 3.63) is 120 Å². The Bertz CT molecular complexity index is 3270. The van der Waals surface area contributed by atoms with Gasteiger partial charge in [0.05, 0.1) is 41.9 Å². The summed E-state index contributed by atoms with van der Waals surface area (Å²) in [4.78, 5) is 92.5. The second-order valence-electron chi connectivity index (χ2n) is 21.3. The smallest absolute Gasteiger partial charge is 0.407 e. The zero-order chi connectivity index (χ0) is 56.2. The van der Waals surface area contributed by atoms with Gasteiger partial charge < -0.3 is 45.4 Å². The monoisotopic (exact) mass is 1100 g/mol. The number of anilines is 3. The number of aromatic nitrogens is 6. The number of hydrogen-bond donors (Lipinski definition) is 5. The summed E-state index contributed by atoms with van der Waals surface area (Å²) < 4.78 is 38.7. The van der Waals surface area contributed by atoms with Crippen LogP contribution < -0.4 is 30.9 Å². The Morgan fingerprint density at radius 2 is 1.54 bits per heavy atom. The standard InChI is InChI=1S/C56H67N13O9S/c1-33-34(2)65-66-49(33)64-50-40-26-46(79(75,76)56(4,5)6)45(27-41(40)60-32-61-50)77-31-36-20-23-67(24-21-36)47-29-58-42(28-59-47)53(72)68-25-22-39-18-19-44(69(39)54(73)43(30-68)62-51(70)35(3)78-55(74)57-7)52(71)63-48(37-14-10-8-11-15-37)38-16-12-9-13-17-38/h8-17,26-29,32,35-36,39,43-44,48H,18-25,30-31H2,1-7H3,(H,57,74)(H,62,70)(H,63,71)(H2,60,61,64,65,66)/t35?,39-,43+,44+/m1/s1. The molecule has 0 spiro atoms. The molecule has 0 saturated carbocycles. The maximum atomic E-state index is 14.8. The van der Waals surface area contributed by atoms with E-state index in [-0.39, 0.29) is 47.9 Å². The number of hydrogen-bond acceptors (Lipinski definition) is 16. The predicted octanol–water partition coefficient (Wildman–Crippen LogP) is 5.71. The van der Waals surface area contributed by atoms with Crippen LogP contribution in [0.2, 0.25) is 0 Å². The second-order valence-corrected chi connectivity index (χ2v) is 23.9. The number of amides is 5. The minimum Gasteiger partial charge on any atom is -0.492 e. The Morgan fingerprint density at radius 1 is 0.848 bits per heavy atom. The zero-order valence-corrected chi connectivity index (χ0v) is 46.2. The first-order valence-corrected chi connectivity index (χ1v) is 28.0. The Labute approximate surface area is 458 Å². The van der Waals surface area contributed by atoms with Crippen molar-refractivity contribution in [3.8, 4) is 5.75 Å². The van der Waals surface area contributed by atoms with Crippen LogP contribution in [0.25, 0.3) is 10.9 Å². The molecule has 416 valence electrons. The lowest BCUT2D eigenvalue weighted by molar-refractivity contribution is -0.145. The van der Waals surface area contributed by atoms with Gasteiger partial charge in [-0.25, -0.2) is 33.1 Å². The van der Waals surface area contributed by atoms with Gasteiger partial charge in [-0.2, -0.15) is 5.10 Å². The van der Waals surface area contributed by atoms with Crippen molar-refractivity contribution in [1.29, 1.82) is 0 Å². The molecule has 22 nitrogen and oxygen atoms in total. The molecule has 9 rings (SSSR count). The summed E-state index contributed by atoms with van der Waals surface area (Å²) >= 11 is 0. The van der Waals surface area contributed by atoms with E-state index in [4.69, 9.17) is 9.47 Å². The fourth-order valence-corrected chi connectivity index (χ4v) is 11.5. The highest BCUT2D eigenvalue weighted by Crippen LogP contribution is 2.38. The summed E-state index contributed by atoms with van der Waals surface area (Å²) in [6.45, 7) is 11.5. The van der Waals surface area contributed by atoms with E-state index in [9.17, 15) is 32.4 Å². The minimum atomic E-state index is -3.90. The Kier molecular flexibility index (Phi) is 16.5. The highest BCUT2D eigenvalue weighted by atomic mass is 32.2. The van der Waals surface area contributed by atoms with Gasteiger partial charge in [0.15, 0.2) is 21.8 Å². The van der Waals surface area contributed by atoms with Gasteiger partial charge in [0, 0.05) is 55.4 Å². The van der Waals surface area contributed by atoms with E-state index in [1.807, 2.05) is 74.5 Å².